The predicted octanol–water partition coefficient (Wildman–Crippen LogP) is 11.2. The molecule has 0 atom stereocenters. The molecule has 2 heterocycles. The van der Waals surface area contributed by atoms with Gasteiger partial charge in [0.05, 0.1) is 0 Å². The number of rotatable bonds is 10. The summed E-state index contributed by atoms with van der Waals surface area (Å²) in [4.78, 5) is 6.40. The molecule has 0 unspecified atom stereocenters. The number of para-hydroxylation sites is 4. The van der Waals surface area contributed by atoms with Crippen molar-refractivity contribution in [2.75, 3.05) is 9.80 Å². The van der Waals surface area contributed by atoms with Crippen LogP contribution in [0.1, 0.15) is 13.8 Å². The van der Waals surface area contributed by atoms with E-state index in [0.29, 0.717) is 12.5 Å². The Morgan fingerprint density at radius 2 is 0.852 bits per heavy atom. The summed E-state index contributed by atoms with van der Waals surface area (Å²) in [6.07, 6.45) is 0. The molecule has 0 amide bonds. The van der Waals surface area contributed by atoms with Crippen LogP contribution in [0, 0.1) is 5.92 Å². The summed E-state index contributed by atoms with van der Waals surface area (Å²) in [5, 5.41) is 10.3. The fraction of sp³-hybridized carbons (Fsp3) is 0.0870. The number of aromatic nitrogens is 5. The van der Waals surface area contributed by atoms with Crippen molar-refractivity contribution in [2.45, 2.75) is 20.4 Å². The Balaban J connectivity index is 1.17. The molecule has 262 valence electrons. The summed E-state index contributed by atoms with van der Waals surface area (Å²) >= 11 is -0.271. The minimum atomic E-state index is -0.271. The van der Waals surface area contributed by atoms with Gasteiger partial charge < -0.3 is 0 Å². The summed E-state index contributed by atoms with van der Waals surface area (Å²) in [5.41, 5.74) is 14.0. The zero-order valence-corrected chi connectivity index (χ0v) is 31.7. The summed E-state index contributed by atoms with van der Waals surface area (Å²) in [5.74, 6) is 0.380. The summed E-state index contributed by atoms with van der Waals surface area (Å²) in [7, 11) is 0. The molecule has 8 heteroatoms. The van der Waals surface area contributed by atoms with Crippen LogP contribution in [0.4, 0.5) is 34.1 Å². The molecule has 54 heavy (non-hydrogen) atoms. The molecule has 0 aliphatic heterocycles. The van der Waals surface area contributed by atoms with Crippen LogP contribution in [0.25, 0.3) is 44.3 Å². The number of benzene rings is 7. The summed E-state index contributed by atoms with van der Waals surface area (Å²) in [6.45, 7) is 5.09. The number of anilines is 6. The van der Waals surface area contributed by atoms with Crippen molar-refractivity contribution in [1.82, 2.24) is 23.0 Å². The van der Waals surface area contributed by atoms with E-state index in [1.807, 2.05) is 29.1 Å². The van der Waals surface area contributed by atoms with E-state index in [1.165, 1.54) is 0 Å². The van der Waals surface area contributed by atoms with E-state index in [-0.39, 0.29) is 15.0 Å². The van der Waals surface area contributed by atoms with Gasteiger partial charge in [0.15, 0.2) is 0 Å². The first-order chi connectivity index (χ1) is 26.6. The molecule has 9 aromatic rings. The number of fused-ring (bicyclic) bond motifs is 2. The van der Waals surface area contributed by atoms with Gasteiger partial charge in [0.2, 0.25) is 0 Å². The Hall–Kier alpha value is -6.34. The van der Waals surface area contributed by atoms with Crippen molar-refractivity contribution in [3.63, 3.8) is 0 Å². The number of hydrogen-bond acceptors (Lipinski definition) is 5. The van der Waals surface area contributed by atoms with E-state index in [2.05, 4.69) is 169 Å². The fourth-order valence-electron chi connectivity index (χ4n) is 7.14. The van der Waals surface area contributed by atoms with Crippen LogP contribution < -0.4 is 13.8 Å². The third-order valence-corrected chi connectivity index (χ3v) is 10.6. The van der Waals surface area contributed by atoms with Gasteiger partial charge in [0.25, 0.3) is 0 Å². The van der Waals surface area contributed by atoms with Crippen LogP contribution in [-0.2, 0) is 6.54 Å². The van der Waals surface area contributed by atoms with E-state index in [9.17, 15) is 0 Å². The van der Waals surface area contributed by atoms with Crippen LogP contribution in [-0.4, -0.2) is 33.9 Å². The Labute approximate surface area is 321 Å². The monoisotopic (exact) mass is 767 g/mol. The molecule has 0 saturated carbocycles. The second-order valence-electron chi connectivity index (χ2n) is 13.7. The molecule has 9 rings (SSSR count). The van der Waals surface area contributed by atoms with E-state index in [0.717, 1.165) is 78.4 Å². The van der Waals surface area contributed by atoms with E-state index < -0.39 is 0 Å². The van der Waals surface area contributed by atoms with E-state index in [4.69, 9.17) is 18.2 Å². The quantitative estimate of drug-likeness (QED) is 0.129. The molecule has 0 spiro atoms. The van der Waals surface area contributed by atoms with Crippen LogP contribution in [0.15, 0.2) is 170 Å². The van der Waals surface area contributed by atoms with Crippen molar-refractivity contribution in [1.29, 1.82) is 0 Å². The zero-order chi connectivity index (χ0) is 36.4. The van der Waals surface area contributed by atoms with Gasteiger partial charge in [-0.2, -0.15) is 0 Å². The predicted molar refractivity (Wildman–Crippen MR) is 223 cm³/mol. The van der Waals surface area contributed by atoms with Crippen molar-refractivity contribution in [2.24, 2.45) is 5.92 Å². The van der Waals surface area contributed by atoms with Crippen molar-refractivity contribution < 1.29 is 0 Å². The van der Waals surface area contributed by atoms with Gasteiger partial charge in [-0.25, -0.2) is 0 Å². The van der Waals surface area contributed by atoms with E-state index >= 15 is 0 Å². The Bertz CT molecular complexity index is 2380. The van der Waals surface area contributed by atoms with Gasteiger partial charge in [-0.3, -0.25) is 0 Å². The average Bonchev–Trinajstić information content (AvgIpc) is 3.87. The first-order valence-electron chi connectivity index (χ1n) is 18.2. The van der Waals surface area contributed by atoms with Gasteiger partial charge in [0.1, 0.15) is 0 Å². The molecule has 7 nitrogen and oxygen atoms in total. The maximum absolute atomic E-state index is 5.16. The topological polar surface area (TPSA) is 64.2 Å². The molecule has 0 aliphatic rings. The van der Waals surface area contributed by atoms with Crippen LogP contribution >= 0.6 is 0 Å². The van der Waals surface area contributed by atoms with Crippen LogP contribution in [0.5, 0.6) is 0 Å². The summed E-state index contributed by atoms with van der Waals surface area (Å²) in [6, 6.07) is 59.3. The fourth-order valence-corrected chi connectivity index (χ4v) is 8.31. The Morgan fingerprint density at radius 1 is 0.481 bits per heavy atom. The SMILES string of the molecule is CC(C)Cn1nc2c(-c3ccc(N(c4ccccc4)c4ccccc4)cc3)c3n[se+][n-]c3c(-c3ccc(N(c4ccccc4)c4ccccc4)cc3)c2n1. The number of nitrogens with zero attached hydrogens (tertiary/aromatic N) is 7. The second kappa shape index (κ2) is 14.6. The third kappa shape index (κ3) is 6.36. The Kier molecular flexibility index (Phi) is 9.05. The molecule has 0 aliphatic carbocycles. The standard InChI is InChI=1S/C46H37N7Se/c1-32(2)31-51-47-43-41(33-23-27-39(28-24-33)52(35-15-7-3-8-16-35)36-17-9-4-10-18-36)45-46(50-54-49-45)42(44(43)48-51)34-25-29-40(30-26-34)53(37-19-11-5-12-20-37)38-21-13-6-14-22-38/h3-30,32H,31H2,1-2H3. The van der Waals surface area contributed by atoms with Gasteiger partial charge in [-0.1, -0.05) is 0 Å². The van der Waals surface area contributed by atoms with Gasteiger partial charge in [0, 0.05) is 0 Å². The maximum atomic E-state index is 5.16. The molecule has 2 aromatic heterocycles. The van der Waals surface area contributed by atoms with E-state index in [1.54, 1.807) is 0 Å². The second-order valence-corrected chi connectivity index (χ2v) is 14.8. The molecule has 7 aromatic carbocycles. The molecular formula is C46H37N7Se. The molecular weight excluding hydrogens is 730 g/mol. The van der Waals surface area contributed by atoms with Crippen molar-refractivity contribution in [3.05, 3.63) is 170 Å². The molecule has 0 bridgehead atoms. The molecule has 0 saturated heterocycles. The van der Waals surface area contributed by atoms with Crippen molar-refractivity contribution >= 4 is 71.2 Å². The Morgan fingerprint density at radius 3 is 1.26 bits per heavy atom. The van der Waals surface area contributed by atoms with Gasteiger partial charge >= 0.3 is 322 Å². The minimum absolute atomic E-state index is 0.271. The summed E-state index contributed by atoms with van der Waals surface area (Å²) < 4.78 is 10.1. The first-order valence-corrected chi connectivity index (χ1v) is 19.7. The first kappa shape index (κ1) is 33.5. The molecule has 0 radical (unpaired) electrons. The van der Waals surface area contributed by atoms with Crippen molar-refractivity contribution in [3.8, 4) is 22.3 Å². The van der Waals surface area contributed by atoms with Crippen LogP contribution in [0.3, 0.4) is 0 Å². The van der Waals surface area contributed by atoms with Crippen LogP contribution in [0.2, 0.25) is 0 Å². The van der Waals surface area contributed by atoms with Gasteiger partial charge in [-0.05, 0) is 0 Å². The molecule has 0 N–H and O–H groups in total. The third-order valence-electron chi connectivity index (χ3n) is 9.51. The van der Waals surface area contributed by atoms with Gasteiger partial charge in [-0.15, -0.1) is 0 Å². The zero-order valence-electron chi connectivity index (χ0n) is 30.0. The normalized spacial score (nSPS) is 11.4. The number of hydrogen-bond donors (Lipinski definition) is 0. The molecule has 0 fully saturated rings. The average molecular weight is 767 g/mol.